The normalized spacial score (nSPS) is 12.7. The van der Waals surface area contributed by atoms with Gasteiger partial charge in [-0.15, -0.1) is 0 Å². The molecular weight excluding hydrogens is 337 g/mol. The second-order valence-electron chi connectivity index (χ2n) is 5.83. The monoisotopic (exact) mass is 355 g/mol. The Morgan fingerprint density at radius 1 is 0.800 bits per heavy atom. The fraction of sp³-hybridized carbons (Fsp3) is 0.100. The molecule has 5 heteroatoms. The summed E-state index contributed by atoms with van der Waals surface area (Å²) in [5.41, 5.74) is 2.76. The lowest BCUT2D eigenvalue weighted by Gasteiger charge is -2.20. The predicted molar refractivity (Wildman–Crippen MR) is 96.2 cm³/mol. The van der Waals surface area contributed by atoms with Gasteiger partial charge in [0.15, 0.2) is 0 Å². The van der Waals surface area contributed by atoms with Gasteiger partial charge in [-0.1, -0.05) is 60.2 Å². The predicted octanol–water partition coefficient (Wildman–Crippen LogP) is 4.20. The van der Waals surface area contributed by atoms with Gasteiger partial charge in [0.05, 0.1) is 10.9 Å². The minimum absolute atomic E-state index is 0.0296. The van der Waals surface area contributed by atoms with Gasteiger partial charge in [0.1, 0.15) is 5.82 Å². The molecule has 1 N–H and O–H groups in total. The van der Waals surface area contributed by atoms with Gasteiger partial charge in [0.25, 0.3) is 0 Å². The van der Waals surface area contributed by atoms with Crippen molar-refractivity contribution in [2.24, 2.45) is 0 Å². The molecule has 0 aromatic heterocycles. The summed E-state index contributed by atoms with van der Waals surface area (Å²) in [5, 5.41) is 0. The Morgan fingerprint density at radius 3 is 1.96 bits per heavy atom. The van der Waals surface area contributed by atoms with Crippen molar-refractivity contribution in [3.8, 4) is 0 Å². The van der Waals surface area contributed by atoms with Gasteiger partial charge in [-0.3, -0.25) is 0 Å². The molecule has 3 aromatic rings. The van der Waals surface area contributed by atoms with Crippen LogP contribution >= 0.6 is 0 Å². The topological polar surface area (TPSA) is 46.2 Å². The molecule has 128 valence electrons. The molecule has 0 saturated carbocycles. The van der Waals surface area contributed by atoms with Crippen molar-refractivity contribution in [2.75, 3.05) is 0 Å². The first-order chi connectivity index (χ1) is 12.0. The Balaban J connectivity index is 2.00. The van der Waals surface area contributed by atoms with Crippen molar-refractivity contribution in [3.63, 3.8) is 0 Å². The highest BCUT2D eigenvalue weighted by Crippen LogP contribution is 2.25. The number of halogens is 1. The van der Waals surface area contributed by atoms with Crippen molar-refractivity contribution >= 4 is 10.0 Å². The maximum absolute atomic E-state index is 13.1. The number of hydrogen-bond acceptors (Lipinski definition) is 2. The molecule has 0 heterocycles. The fourth-order valence-electron chi connectivity index (χ4n) is 2.57. The van der Waals surface area contributed by atoms with Crippen molar-refractivity contribution in [1.29, 1.82) is 0 Å². The first-order valence-electron chi connectivity index (χ1n) is 7.85. The summed E-state index contributed by atoms with van der Waals surface area (Å²) < 4.78 is 41.3. The van der Waals surface area contributed by atoms with Gasteiger partial charge in [-0.05, 0) is 42.3 Å². The minimum atomic E-state index is -3.80. The SMILES string of the molecule is Cc1ccc([C@@H](NS(=O)(=O)c2ccc(F)cc2)c2ccccc2)cc1. The molecule has 3 aromatic carbocycles. The number of sulfonamides is 1. The van der Waals surface area contributed by atoms with E-state index in [2.05, 4.69) is 4.72 Å². The minimum Gasteiger partial charge on any atom is -0.207 e. The van der Waals surface area contributed by atoms with Crippen LogP contribution in [0.15, 0.2) is 83.8 Å². The van der Waals surface area contributed by atoms with Crippen LogP contribution in [-0.4, -0.2) is 8.42 Å². The molecule has 0 fully saturated rings. The van der Waals surface area contributed by atoms with Crippen LogP contribution in [0.5, 0.6) is 0 Å². The van der Waals surface area contributed by atoms with E-state index in [-0.39, 0.29) is 4.90 Å². The molecule has 0 aliphatic rings. The second kappa shape index (κ2) is 7.17. The van der Waals surface area contributed by atoms with E-state index in [0.29, 0.717) is 0 Å². The van der Waals surface area contributed by atoms with E-state index in [1.54, 1.807) is 0 Å². The van der Waals surface area contributed by atoms with Crippen LogP contribution in [0.2, 0.25) is 0 Å². The average Bonchev–Trinajstić information content (AvgIpc) is 2.62. The Bertz CT molecular complexity index is 937. The standard InChI is InChI=1S/C20H18FNO2S/c1-15-7-9-17(10-8-15)20(16-5-3-2-4-6-16)22-25(23,24)19-13-11-18(21)12-14-19/h2-14,20,22H,1H3/t20-/m0/s1. The molecular formula is C20H18FNO2S. The molecule has 0 aliphatic heterocycles. The number of aryl methyl sites for hydroxylation is 1. The Labute approximate surface area is 147 Å². The second-order valence-corrected chi connectivity index (χ2v) is 7.54. The van der Waals surface area contributed by atoms with Gasteiger partial charge in [-0.2, -0.15) is 4.72 Å². The third-order valence-corrected chi connectivity index (χ3v) is 5.38. The van der Waals surface area contributed by atoms with E-state index in [0.717, 1.165) is 28.8 Å². The van der Waals surface area contributed by atoms with Crippen LogP contribution in [0.1, 0.15) is 22.7 Å². The van der Waals surface area contributed by atoms with E-state index in [1.807, 2.05) is 61.5 Å². The molecule has 0 spiro atoms. The van der Waals surface area contributed by atoms with Crippen LogP contribution in [0, 0.1) is 12.7 Å². The summed E-state index contributed by atoms with van der Waals surface area (Å²) in [6.45, 7) is 1.98. The zero-order chi connectivity index (χ0) is 17.9. The summed E-state index contributed by atoms with van der Waals surface area (Å²) in [5.74, 6) is -0.475. The third kappa shape index (κ3) is 4.13. The van der Waals surface area contributed by atoms with Crippen LogP contribution in [0.4, 0.5) is 4.39 Å². The van der Waals surface area contributed by atoms with Crippen LogP contribution in [0.3, 0.4) is 0 Å². The third-order valence-electron chi connectivity index (χ3n) is 3.94. The lowest BCUT2D eigenvalue weighted by molar-refractivity contribution is 0.571. The van der Waals surface area contributed by atoms with E-state index in [9.17, 15) is 12.8 Å². The largest absolute Gasteiger partial charge is 0.241 e. The summed E-state index contributed by atoms with van der Waals surface area (Å²) in [6.07, 6.45) is 0. The lowest BCUT2D eigenvalue weighted by Crippen LogP contribution is -2.29. The Hall–Kier alpha value is -2.50. The highest BCUT2D eigenvalue weighted by Gasteiger charge is 2.22. The molecule has 0 aliphatic carbocycles. The Kier molecular flexibility index (Phi) is 4.97. The van der Waals surface area contributed by atoms with E-state index in [4.69, 9.17) is 0 Å². The molecule has 0 radical (unpaired) electrons. The summed E-state index contributed by atoms with van der Waals surface area (Å²) in [7, 11) is -3.80. The number of benzene rings is 3. The molecule has 3 nitrogen and oxygen atoms in total. The first kappa shape index (κ1) is 17.3. The van der Waals surface area contributed by atoms with Crippen molar-refractivity contribution in [1.82, 2.24) is 4.72 Å². The lowest BCUT2D eigenvalue weighted by atomic mass is 9.99. The Morgan fingerprint density at radius 2 is 1.36 bits per heavy atom. The van der Waals surface area contributed by atoms with Crippen molar-refractivity contribution < 1.29 is 12.8 Å². The number of nitrogens with one attached hydrogen (secondary N) is 1. The highest BCUT2D eigenvalue weighted by atomic mass is 32.2. The van der Waals surface area contributed by atoms with Crippen LogP contribution in [0.25, 0.3) is 0 Å². The maximum Gasteiger partial charge on any atom is 0.241 e. The molecule has 0 saturated heterocycles. The smallest absolute Gasteiger partial charge is 0.207 e. The van der Waals surface area contributed by atoms with E-state index < -0.39 is 21.9 Å². The average molecular weight is 355 g/mol. The maximum atomic E-state index is 13.1. The van der Waals surface area contributed by atoms with Crippen molar-refractivity contribution in [2.45, 2.75) is 17.9 Å². The molecule has 3 rings (SSSR count). The summed E-state index contributed by atoms with van der Waals surface area (Å²) >= 11 is 0. The first-order valence-corrected chi connectivity index (χ1v) is 9.33. The van der Waals surface area contributed by atoms with Gasteiger partial charge < -0.3 is 0 Å². The highest BCUT2D eigenvalue weighted by molar-refractivity contribution is 7.89. The molecule has 0 bridgehead atoms. The molecule has 25 heavy (non-hydrogen) atoms. The fourth-order valence-corrected chi connectivity index (χ4v) is 3.78. The summed E-state index contributed by atoms with van der Waals surface area (Å²) in [6, 6.07) is 21.3. The zero-order valence-electron chi connectivity index (χ0n) is 13.7. The zero-order valence-corrected chi connectivity index (χ0v) is 14.5. The van der Waals surface area contributed by atoms with E-state index in [1.165, 1.54) is 12.1 Å². The van der Waals surface area contributed by atoms with Gasteiger partial charge in [0, 0.05) is 0 Å². The summed E-state index contributed by atoms with van der Waals surface area (Å²) in [4.78, 5) is 0.0296. The quantitative estimate of drug-likeness (QED) is 0.745. The van der Waals surface area contributed by atoms with Crippen LogP contribution < -0.4 is 4.72 Å². The molecule has 1 atom stereocenters. The molecule has 0 amide bonds. The number of rotatable bonds is 5. The van der Waals surface area contributed by atoms with Crippen LogP contribution in [-0.2, 0) is 10.0 Å². The van der Waals surface area contributed by atoms with E-state index >= 15 is 0 Å². The van der Waals surface area contributed by atoms with Gasteiger partial charge in [0.2, 0.25) is 10.0 Å². The molecule has 0 unspecified atom stereocenters. The van der Waals surface area contributed by atoms with Crippen molar-refractivity contribution in [3.05, 3.63) is 101 Å². The van der Waals surface area contributed by atoms with Gasteiger partial charge in [-0.25, -0.2) is 12.8 Å². The van der Waals surface area contributed by atoms with Gasteiger partial charge >= 0.3 is 0 Å². The number of hydrogen-bond donors (Lipinski definition) is 1.